The summed E-state index contributed by atoms with van der Waals surface area (Å²) in [5.41, 5.74) is 2.05. The van der Waals surface area contributed by atoms with Gasteiger partial charge < -0.3 is 4.74 Å². The summed E-state index contributed by atoms with van der Waals surface area (Å²) in [6, 6.07) is 13.4. The van der Waals surface area contributed by atoms with Crippen LogP contribution in [0.25, 0.3) is 0 Å². The number of esters is 1. The van der Waals surface area contributed by atoms with E-state index in [9.17, 15) is 13.2 Å². The minimum atomic E-state index is -3.67. The van der Waals surface area contributed by atoms with E-state index >= 15 is 0 Å². The van der Waals surface area contributed by atoms with Gasteiger partial charge in [-0.1, -0.05) is 24.6 Å². The lowest BCUT2D eigenvalue weighted by Crippen LogP contribution is -2.41. The Balaban J connectivity index is 1.81. The van der Waals surface area contributed by atoms with Gasteiger partial charge in [-0.15, -0.1) is 0 Å². The van der Waals surface area contributed by atoms with Gasteiger partial charge in [0.2, 0.25) is 10.0 Å². The minimum absolute atomic E-state index is 0.00787. The quantitative estimate of drug-likeness (QED) is 0.697. The average Bonchev–Trinajstić information content (AvgIpc) is 2.72. The van der Waals surface area contributed by atoms with Crippen LogP contribution in [0.5, 0.6) is 0 Å². The van der Waals surface area contributed by atoms with E-state index in [4.69, 9.17) is 10.00 Å². The Kier molecular flexibility index (Phi) is 6.36. The van der Waals surface area contributed by atoms with E-state index in [1.807, 2.05) is 13.0 Å². The molecule has 1 unspecified atom stereocenters. The Bertz CT molecular complexity index is 1060. The van der Waals surface area contributed by atoms with Crippen LogP contribution in [0.15, 0.2) is 47.4 Å². The van der Waals surface area contributed by atoms with Crippen LogP contribution in [0.4, 0.5) is 0 Å². The number of nitrogens with zero attached hydrogens (tertiary/aromatic N) is 2. The molecular weight excluding hydrogens is 388 g/mol. The first kappa shape index (κ1) is 21.0. The zero-order valence-electron chi connectivity index (χ0n) is 16.6. The highest BCUT2D eigenvalue weighted by Gasteiger charge is 2.31. The van der Waals surface area contributed by atoms with Crippen LogP contribution in [0.1, 0.15) is 53.2 Å². The fraction of sp³-hybridized carbons (Fsp3) is 0.364. The second-order valence-corrected chi connectivity index (χ2v) is 9.22. The van der Waals surface area contributed by atoms with Crippen LogP contribution in [-0.2, 0) is 21.4 Å². The number of hydrogen-bond acceptors (Lipinski definition) is 5. The van der Waals surface area contributed by atoms with Crippen molar-refractivity contribution in [3.05, 3.63) is 64.7 Å². The van der Waals surface area contributed by atoms with Gasteiger partial charge >= 0.3 is 5.97 Å². The third kappa shape index (κ3) is 4.66. The molecule has 0 spiro atoms. The first-order chi connectivity index (χ1) is 13.8. The van der Waals surface area contributed by atoms with Gasteiger partial charge in [0.05, 0.1) is 22.1 Å². The molecule has 1 fully saturated rings. The molecule has 152 valence electrons. The molecule has 2 aromatic rings. The number of hydrogen-bond donors (Lipinski definition) is 0. The van der Waals surface area contributed by atoms with E-state index in [-0.39, 0.29) is 23.1 Å². The van der Waals surface area contributed by atoms with E-state index in [1.165, 1.54) is 10.4 Å². The smallest absolute Gasteiger partial charge is 0.338 e. The van der Waals surface area contributed by atoms with E-state index in [1.54, 1.807) is 43.3 Å². The molecule has 0 aromatic heterocycles. The van der Waals surface area contributed by atoms with Crippen molar-refractivity contribution >= 4 is 16.0 Å². The van der Waals surface area contributed by atoms with Crippen molar-refractivity contribution in [2.45, 2.75) is 50.7 Å². The van der Waals surface area contributed by atoms with E-state index < -0.39 is 16.0 Å². The molecule has 7 heteroatoms. The van der Waals surface area contributed by atoms with Gasteiger partial charge in [0.15, 0.2) is 0 Å². The van der Waals surface area contributed by atoms with Crippen LogP contribution >= 0.6 is 0 Å². The Morgan fingerprint density at radius 3 is 2.76 bits per heavy atom. The van der Waals surface area contributed by atoms with Gasteiger partial charge in [0, 0.05) is 12.6 Å². The molecule has 1 aliphatic heterocycles. The molecule has 0 amide bonds. The van der Waals surface area contributed by atoms with Gasteiger partial charge in [-0.25, -0.2) is 13.2 Å². The summed E-state index contributed by atoms with van der Waals surface area (Å²) < 4.78 is 33.0. The van der Waals surface area contributed by atoms with Gasteiger partial charge in [0.1, 0.15) is 6.61 Å². The second-order valence-electron chi connectivity index (χ2n) is 7.33. The van der Waals surface area contributed by atoms with Crippen LogP contribution in [0, 0.1) is 18.3 Å². The van der Waals surface area contributed by atoms with E-state index in [2.05, 4.69) is 0 Å². The number of ether oxygens (including phenoxy) is 1. The molecule has 0 radical (unpaired) electrons. The Hall–Kier alpha value is -2.69. The highest BCUT2D eigenvalue weighted by atomic mass is 32.2. The van der Waals surface area contributed by atoms with E-state index in [0.717, 1.165) is 19.3 Å². The predicted octanol–water partition coefficient (Wildman–Crippen LogP) is 3.79. The number of sulfonamides is 1. The molecule has 0 saturated carbocycles. The van der Waals surface area contributed by atoms with Crippen molar-refractivity contribution in [1.29, 1.82) is 5.26 Å². The third-order valence-electron chi connectivity index (χ3n) is 5.20. The summed E-state index contributed by atoms with van der Waals surface area (Å²) in [6.45, 7) is 4.16. The third-order valence-corrected chi connectivity index (χ3v) is 7.21. The van der Waals surface area contributed by atoms with Crippen LogP contribution in [0.3, 0.4) is 0 Å². The standard InChI is InChI=1S/C22H24N2O4S/c1-16-9-10-20(29(26,27)24-11-4-3-6-17(24)2)13-21(16)22(25)28-15-19-8-5-7-18(12-19)14-23/h5,7-10,12-13,17H,3-4,6,11,15H2,1-2H3. The number of nitriles is 1. The first-order valence-corrected chi connectivity index (χ1v) is 11.1. The lowest BCUT2D eigenvalue weighted by molar-refractivity contribution is 0.0471. The fourth-order valence-corrected chi connectivity index (χ4v) is 5.23. The molecule has 2 aromatic carbocycles. The lowest BCUT2D eigenvalue weighted by Gasteiger charge is -2.32. The van der Waals surface area contributed by atoms with Crippen molar-refractivity contribution in [1.82, 2.24) is 4.31 Å². The van der Waals surface area contributed by atoms with Crippen LogP contribution in [0.2, 0.25) is 0 Å². The number of benzene rings is 2. The Morgan fingerprint density at radius 1 is 1.24 bits per heavy atom. The molecule has 29 heavy (non-hydrogen) atoms. The molecule has 1 heterocycles. The van der Waals surface area contributed by atoms with Gasteiger partial charge in [-0.2, -0.15) is 9.57 Å². The normalized spacial score (nSPS) is 17.5. The zero-order valence-corrected chi connectivity index (χ0v) is 17.4. The molecule has 1 aliphatic rings. The molecule has 6 nitrogen and oxygen atoms in total. The Labute approximate surface area is 171 Å². The van der Waals surface area contributed by atoms with Crippen molar-refractivity contribution in [2.24, 2.45) is 0 Å². The van der Waals surface area contributed by atoms with E-state index in [0.29, 0.717) is 23.2 Å². The number of rotatable bonds is 5. The number of aryl methyl sites for hydroxylation is 1. The summed E-state index contributed by atoms with van der Waals surface area (Å²) in [4.78, 5) is 12.7. The molecule has 0 N–H and O–H groups in total. The maximum atomic E-state index is 13.1. The summed E-state index contributed by atoms with van der Waals surface area (Å²) >= 11 is 0. The van der Waals surface area contributed by atoms with Crippen LogP contribution in [-0.4, -0.2) is 31.3 Å². The second kappa shape index (κ2) is 8.76. The fourth-order valence-electron chi connectivity index (χ4n) is 3.50. The summed E-state index contributed by atoms with van der Waals surface area (Å²) in [5.74, 6) is -0.589. The SMILES string of the molecule is Cc1ccc(S(=O)(=O)N2CCCCC2C)cc1C(=O)OCc1cccc(C#N)c1. The van der Waals surface area contributed by atoms with Crippen molar-refractivity contribution in [3.8, 4) is 6.07 Å². The average molecular weight is 413 g/mol. The summed E-state index contributed by atoms with van der Waals surface area (Å²) in [5, 5.41) is 8.97. The molecule has 1 saturated heterocycles. The maximum Gasteiger partial charge on any atom is 0.338 e. The number of carbonyl (C=O) groups excluding carboxylic acids is 1. The largest absolute Gasteiger partial charge is 0.457 e. The Morgan fingerprint density at radius 2 is 2.03 bits per heavy atom. The first-order valence-electron chi connectivity index (χ1n) is 9.61. The van der Waals surface area contributed by atoms with Gasteiger partial charge in [-0.3, -0.25) is 0 Å². The highest BCUT2D eigenvalue weighted by molar-refractivity contribution is 7.89. The topological polar surface area (TPSA) is 87.5 Å². The zero-order chi connectivity index (χ0) is 21.0. The van der Waals surface area contributed by atoms with Crippen molar-refractivity contribution in [2.75, 3.05) is 6.54 Å². The molecule has 0 aliphatic carbocycles. The van der Waals surface area contributed by atoms with Gasteiger partial charge in [-0.05, 0) is 62.1 Å². The molecule has 3 rings (SSSR count). The predicted molar refractivity (Wildman–Crippen MR) is 109 cm³/mol. The van der Waals surface area contributed by atoms with Crippen molar-refractivity contribution in [3.63, 3.8) is 0 Å². The monoisotopic (exact) mass is 412 g/mol. The minimum Gasteiger partial charge on any atom is -0.457 e. The maximum absolute atomic E-state index is 13.1. The number of carbonyl (C=O) groups is 1. The number of piperidine rings is 1. The molecule has 0 bridgehead atoms. The lowest BCUT2D eigenvalue weighted by atomic mass is 10.1. The summed E-state index contributed by atoms with van der Waals surface area (Å²) in [7, 11) is -3.67. The highest BCUT2D eigenvalue weighted by Crippen LogP contribution is 2.26. The molecule has 1 atom stereocenters. The summed E-state index contributed by atoms with van der Waals surface area (Å²) in [6.07, 6.45) is 2.69. The van der Waals surface area contributed by atoms with Crippen LogP contribution < -0.4 is 0 Å². The van der Waals surface area contributed by atoms with Crippen molar-refractivity contribution < 1.29 is 17.9 Å². The molecular formula is C22H24N2O4S. The van der Waals surface area contributed by atoms with Gasteiger partial charge in [0.25, 0.3) is 0 Å².